The summed E-state index contributed by atoms with van der Waals surface area (Å²) in [4.78, 5) is 5.51. The molecular weight excluding hydrogens is 282 g/mol. The highest BCUT2D eigenvalue weighted by atomic mass is 32.2. The number of aryl methyl sites for hydroxylation is 1. The Morgan fingerprint density at radius 2 is 2.05 bits per heavy atom. The number of sulfonamides is 1. The van der Waals surface area contributed by atoms with E-state index in [9.17, 15) is 8.42 Å². The predicted octanol–water partition coefficient (Wildman–Crippen LogP) is 1.97. The van der Waals surface area contributed by atoms with Crippen LogP contribution < -0.4 is 10.0 Å². The number of para-hydroxylation sites is 1. The molecule has 19 heavy (non-hydrogen) atoms. The molecule has 0 saturated carbocycles. The predicted molar refractivity (Wildman–Crippen MR) is 76.9 cm³/mol. The molecule has 0 unspecified atom stereocenters. The second-order valence-corrected chi connectivity index (χ2v) is 6.71. The first-order valence-electron chi connectivity index (χ1n) is 5.70. The van der Waals surface area contributed by atoms with Crippen molar-refractivity contribution >= 4 is 27.0 Å². The fourth-order valence-corrected chi connectivity index (χ4v) is 3.25. The van der Waals surface area contributed by atoms with E-state index in [2.05, 4.69) is 15.0 Å². The standard InChI is InChI=1S/C12H15N3O2S2/c1-9-11(18-8-15-9)7-14-10-5-3-4-6-12(10)19(16,17)13-2/h3-6,8,13-14H,7H2,1-2H3. The van der Waals surface area contributed by atoms with Crippen molar-refractivity contribution in [1.82, 2.24) is 9.71 Å². The summed E-state index contributed by atoms with van der Waals surface area (Å²) in [5, 5.41) is 3.15. The molecule has 7 heteroatoms. The van der Waals surface area contributed by atoms with Crippen molar-refractivity contribution in [2.75, 3.05) is 12.4 Å². The van der Waals surface area contributed by atoms with E-state index in [4.69, 9.17) is 0 Å². The Balaban J connectivity index is 2.24. The molecule has 102 valence electrons. The largest absolute Gasteiger partial charge is 0.379 e. The smallest absolute Gasteiger partial charge is 0.242 e. The second kappa shape index (κ2) is 5.68. The van der Waals surface area contributed by atoms with Gasteiger partial charge in [0, 0.05) is 4.88 Å². The molecule has 1 aromatic heterocycles. The fraction of sp³-hybridized carbons (Fsp3) is 0.250. The van der Waals surface area contributed by atoms with E-state index < -0.39 is 10.0 Å². The van der Waals surface area contributed by atoms with E-state index in [-0.39, 0.29) is 4.90 Å². The molecule has 1 heterocycles. The summed E-state index contributed by atoms with van der Waals surface area (Å²) in [6.45, 7) is 2.50. The summed E-state index contributed by atoms with van der Waals surface area (Å²) in [6.07, 6.45) is 0. The van der Waals surface area contributed by atoms with E-state index >= 15 is 0 Å². The minimum atomic E-state index is -3.45. The van der Waals surface area contributed by atoms with Gasteiger partial charge in [0.15, 0.2) is 0 Å². The van der Waals surface area contributed by atoms with Crippen molar-refractivity contribution in [1.29, 1.82) is 0 Å². The number of benzene rings is 1. The lowest BCUT2D eigenvalue weighted by Crippen LogP contribution is -2.20. The van der Waals surface area contributed by atoms with Crippen molar-refractivity contribution in [2.24, 2.45) is 0 Å². The van der Waals surface area contributed by atoms with Gasteiger partial charge in [-0.25, -0.2) is 18.1 Å². The number of rotatable bonds is 5. The molecule has 0 aliphatic heterocycles. The van der Waals surface area contributed by atoms with Crippen LogP contribution in [-0.2, 0) is 16.6 Å². The van der Waals surface area contributed by atoms with Crippen LogP contribution in [0.1, 0.15) is 10.6 Å². The Morgan fingerprint density at radius 1 is 1.32 bits per heavy atom. The first-order chi connectivity index (χ1) is 9.04. The minimum Gasteiger partial charge on any atom is -0.379 e. The molecule has 0 amide bonds. The van der Waals surface area contributed by atoms with Crippen LogP contribution >= 0.6 is 11.3 Å². The zero-order valence-corrected chi connectivity index (χ0v) is 12.3. The molecule has 0 aliphatic carbocycles. The van der Waals surface area contributed by atoms with Gasteiger partial charge in [0.25, 0.3) is 0 Å². The average Bonchev–Trinajstić information content (AvgIpc) is 2.82. The molecule has 0 aliphatic rings. The number of hydrogen-bond acceptors (Lipinski definition) is 5. The van der Waals surface area contributed by atoms with Gasteiger partial charge in [-0.2, -0.15) is 0 Å². The van der Waals surface area contributed by atoms with Crippen LogP contribution in [0.25, 0.3) is 0 Å². The maximum atomic E-state index is 11.9. The van der Waals surface area contributed by atoms with Crippen molar-refractivity contribution < 1.29 is 8.42 Å². The lowest BCUT2D eigenvalue weighted by Gasteiger charge is -2.11. The SMILES string of the molecule is CNS(=O)(=O)c1ccccc1NCc1scnc1C. The van der Waals surface area contributed by atoms with Gasteiger partial charge in [-0.1, -0.05) is 12.1 Å². The first kappa shape index (κ1) is 14.0. The van der Waals surface area contributed by atoms with Crippen LogP contribution in [0.4, 0.5) is 5.69 Å². The van der Waals surface area contributed by atoms with Crippen LogP contribution in [0.15, 0.2) is 34.7 Å². The Bertz CT molecular complexity index is 665. The van der Waals surface area contributed by atoms with Gasteiger partial charge in [0.1, 0.15) is 4.90 Å². The number of nitrogens with zero attached hydrogens (tertiary/aromatic N) is 1. The Hall–Kier alpha value is -1.44. The monoisotopic (exact) mass is 297 g/mol. The number of thiazole rings is 1. The van der Waals surface area contributed by atoms with E-state index in [0.717, 1.165) is 10.6 Å². The van der Waals surface area contributed by atoms with E-state index in [0.29, 0.717) is 12.2 Å². The second-order valence-electron chi connectivity index (χ2n) is 3.92. The van der Waals surface area contributed by atoms with Crippen molar-refractivity contribution in [3.05, 3.63) is 40.3 Å². The number of anilines is 1. The third-order valence-electron chi connectivity index (χ3n) is 2.73. The van der Waals surface area contributed by atoms with Gasteiger partial charge in [0.05, 0.1) is 23.4 Å². The fourth-order valence-electron chi connectivity index (χ4n) is 1.63. The zero-order chi connectivity index (χ0) is 13.9. The highest BCUT2D eigenvalue weighted by Gasteiger charge is 2.15. The molecule has 0 atom stereocenters. The highest BCUT2D eigenvalue weighted by Crippen LogP contribution is 2.22. The summed E-state index contributed by atoms with van der Waals surface area (Å²) < 4.78 is 26.1. The van der Waals surface area contributed by atoms with Gasteiger partial charge >= 0.3 is 0 Å². The van der Waals surface area contributed by atoms with E-state index in [1.165, 1.54) is 7.05 Å². The Labute approximate surface area is 116 Å². The van der Waals surface area contributed by atoms with Gasteiger partial charge in [-0.05, 0) is 26.1 Å². The van der Waals surface area contributed by atoms with Gasteiger partial charge < -0.3 is 5.32 Å². The number of hydrogen-bond donors (Lipinski definition) is 2. The minimum absolute atomic E-state index is 0.250. The van der Waals surface area contributed by atoms with Crippen LogP contribution in [0.2, 0.25) is 0 Å². The molecule has 1 aromatic carbocycles. The van der Waals surface area contributed by atoms with Gasteiger partial charge in [0.2, 0.25) is 10.0 Å². The summed E-state index contributed by atoms with van der Waals surface area (Å²) in [6, 6.07) is 6.83. The van der Waals surface area contributed by atoms with Crippen molar-refractivity contribution in [3.8, 4) is 0 Å². The van der Waals surface area contributed by atoms with Gasteiger partial charge in [-0.3, -0.25) is 0 Å². The number of nitrogens with one attached hydrogen (secondary N) is 2. The van der Waals surface area contributed by atoms with Crippen LogP contribution in [0.3, 0.4) is 0 Å². The van der Waals surface area contributed by atoms with Crippen LogP contribution in [-0.4, -0.2) is 20.4 Å². The molecule has 5 nitrogen and oxygen atoms in total. The topological polar surface area (TPSA) is 71.1 Å². The van der Waals surface area contributed by atoms with Gasteiger partial charge in [-0.15, -0.1) is 11.3 Å². The third kappa shape index (κ3) is 3.12. The van der Waals surface area contributed by atoms with E-state index in [1.807, 2.05) is 6.92 Å². The molecule has 0 radical (unpaired) electrons. The summed E-state index contributed by atoms with van der Waals surface area (Å²) >= 11 is 1.55. The maximum absolute atomic E-state index is 11.9. The Morgan fingerprint density at radius 3 is 2.68 bits per heavy atom. The van der Waals surface area contributed by atoms with E-state index in [1.54, 1.807) is 41.1 Å². The quantitative estimate of drug-likeness (QED) is 0.885. The molecule has 0 spiro atoms. The zero-order valence-electron chi connectivity index (χ0n) is 10.7. The summed E-state index contributed by atoms with van der Waals surface area (Å²) in [5.41, 5.74) is 3.33. The third-order valence-corrected chi connectivity index (χ3v) is 5.14. The molecule has 2 N–H and O–H groups in total. The summed E-state index contributed by atoms with van der Waals surface area (Å²) in [5.74, 6) is 0. The van der Waals surface area contributed by atoms with Crippen LogP contribution in [0, 0.1) is 6.92 Å². The van der Waals surface area contributed by atoms with Crippen molar-refractivity contribution in [2.45, 2.75) is 18.4 Å². The summed E-state index contributed by atoms with van der Waals surface area (Å²) in [7, 11) is -2.05. The molecule has 2 rings (SSSR count). The molecule has 0 saturated heterocycles. The lowest BCUT2D eigenvalue weighted by molar-refractivity contribution is 0.588. The molecule has 0 bridgehead atoms. The molecule has 0 fully saturated rings. The molecule has 2 aromatic rings. The lowest BCUT2D eigenvalue weighted by atomic mass is 10.3. The maximum Gasteiger partial charge on any atom is 0.242 e. The van der Waals surface area contributed by atoms with Crippen molar-refractivity contribution in [3.63, 3.8) is 0 Å². The average molecular weight is 297 g/mol. The highest BCUT2D eigenvalue weighted by molar-refractivity contribution is 7.89. The van der Waals surface area contributed by atoms with Crippen LogP contribution in [0.5, 0.6) is 0 Å². The number of aromatic nitrogens is 1. The molecular formula is C12H15N3O2S2. The Kier molecular flexibility index (Phi) is 4.18. The normalized spacial score (nSPS) is 11.5. The first-order valence-corrected chi connectivity index (χ1v) is 8.06.